The van der Waals surface area contributed by atoms with Crippen molar-refractivity contribution in [2.24, 2.45) is 0 Å². The Morgan fingerprint density at radius 2 is 1.60 bits per heavy atom. The molecule has 2 unspecified atom stereocenters. The molecular formula is C27H29F6N3O6. The molecule has 9 nitrogen and oxygen atoms in total. The van der Waals surface area contributed by atoms with E-state index in [1.165, 1.54) is 31.2 Å². The molecule has 0 saturated heterocycles. The van der Waals surface area contributed by atoms with Gasteiger partial charge in [0.1, 0.15) is 5.75 Å². The van der Waals surface area contributed by atoms with Crippen molar-refractivity contribution in [3.05, 3.63) is 58.1 Å². The zero-order chi connectivity index (χ0) is 31.6. The first-order chi connectivity index (χ1) is 19.6. The molecule has 1 heterocycles. The Kier molecular flexibility index (Phi) is 9.53. The lowest BCUT2D eigenvalue weighted by molar-refractivity contribution is -0.143. The number of hydrogen-bond acceptors (Lipinski definition) is 6. The van der Waals surface area contributed by atoms with Gasteiger partial charge in [0, 0.05) is 25.2 Å². The molecule has 2 aromatic rings. The lowest BCUT2D eigenvalue weighted by atomic mass is 9.89. The van der Waals surface area contributed by atoms with Gasteiger partial charge in [-0.05, 0) is 56.2 Å². The van der Waals surface area contributed by atoms with Crippen LogP contribution in [0.5, 0.6) is 5.75 Å². The van der Waals surface area contributed by atoms with Crippen LogP contribution in [0.15, 0.2) is 30.3 Å². The van der Waals surface area contributed by atoms with E-state index in [2.05, 4.69) is 5.32 Å². The number of anilines is 1. The van der Waals surface area contributed by atoms with Crippen molar-refractivity contribution in [1.82, 2.24) is 10.2 Å². The van der Waals surface area contributed by atoms with Crippen molar-refractivity contribution in [3.63, 3.8) is 0 Å². The summed E-state index contributed by atoms with van der Waals surface area (Å²) in [6.07, 6.45) is -12.0. The third-order valence-electron chi connectivity index (χ3n) is 6.69. The number of carbonyl (C=O) groups is 3. The van der Waals surface area contributed by atoms with Crippen LogP contribution in [0.4, 0.5) is 41.6 Å². The molecule has 15 heteroatoms. The number of amides is 3. The molecular weight excluding hydrogens is 576 g/mol. The van der Waals surface area contributed by atoms with Crippen LogP contribution in [-0.2, 0) is 28.4 Å². The zero-order valence-electron chi connectivity index (χ0n) is 23.3. The first kappa shape index (κ1) is 32.3. The van der Waals surface area contributed by atoms with Crippen LogP contribution >= 0.6 is 0 Å². The average Bonchev–Trinajstić information content (AvgIpc) is 2.92. The number of rotatable bonds is 6. The average molecular weight is 606 g/mol. The Balaban J connectivity index is 2.25. The highest BCUT2D eigenvalue weighted by molar-refractivity contribution is 6.00. The van der Waals surface area contributed by atoms with E-state index in [1.807, 2.05) is 0 Å². The summed E-state index contributed by atoms with van der Waals surface area (Å²) in [7, 11) is 3.66. The van der Waals surface area contributed by atoms with Gasteiger partial charge in [0.05, 0.1) is 49.2 Å². The van der Waals surface area contributed by atoms with Crippen LogP contribution in [0.3, 0.4) is 0 Å². The number of hydrogen-bond donors (Lipinski definition) is 1. The van der Waals surface area contributed by atoms with Crippen LogP contribution in [0.2, 0.25) is 0 Å². The normalized spacial score (nSPS) is 16.8. The minimum Gasteiger partial charge on any atom is -0.496 e. The maximum absolute atomic E-state index is 13.5. The Morgan fingerprint density at radius 3 is 2.07 bits per heavy atom. The molecule has 0 aromatic heterocycles. The Bertz CT molecular complexity index is 1310. The highest BCUT2D eigenvalue weighted by Gasteiger charge is 2.42. The Hall–Kier alpha value is -4.17. The Morgan fingerprint density at radius 1 is 1.00 bits per heavy atom. The van der Waals surface area contributed by atoms with Crippen LogP contribution in [0, 0.1) is 0 Å². The van der Waals surface area contributed by atoms with Crippen molar-refractivity contribution in [1.29, 1.82) is 0 Å². The molecule has 0 bridgehead atoms. The second kappa shape index (κ2) is 12.4. The number of alkyl halides is 6. The van der Waals surface area contributed by atoms with E-state index in [0.29, 0.717) is 12.1 Å². The molecule has 42 heavy (non-hydrogen) atoms. The number of halogens is 6. The van der Waals surface area contributed by atoms with Gasteiger partial charge in [0.15, 0.2) is 0 Å². The van der Waals surface area contributed by atoms with Crippen molar-refractivity contribution in [2.45, 2.75) is 51.2 Å². The molecule has 1 aliphatic rings. The number of fused-ring (bicyclic) bond motifs is 1. The summed E-state index contributed by atoms with van der Waals surface area (Å²) in [4.78, 5) is 40.8. The highest BCUT2D eigenvalue weighted by atomic mass is 19.4. The van der Waals surface area contributed by atoms with Crippen LogP contribution < -0.4 is 15.0 Å². The SMILES string of the molecule is CCOC(=O)N1c2cc(C(=O)NC)c(OC)cc2C(N(Cc2cc(C(F)(F)F)cc(C(F)(F)F)c2)C(=O)OC)CC1C. The van der Waals surface area contributed by atoms with E-state index in [4.69, 9.17) is 14.2 Å². The summed E-state index contributed by atoms with van der Waals surface area (Å²) in [5, 5.41) is 2.45. The molecule has 230 valence electrons. The van der Waals surface area contributed by atoms with E-state index in [9.17, 15) is 40.7 Å². The molecule has 1 aliphatic heterocycles. The number of nitrogens with one attached hydrogen (secondary N) is 1. The predicted molar refractivity (Wildman–Crippen MR) is 137 cm³/mol. The van der Waals surface area contributed by atoms with Crippen molar-refractivity contribution in [3.8, 4) is 5.75 Å². The number of nitrogens with zero attached hydrogens (tertiary/aromatic N) is 2. The summed E-state index contributed by atoms with van der Waals surface area (Å²) in [6.45, 7) is 2.50. The third-order valence-corrected chi connectivity index (χ3v) is 6.69. The van der Waals surface area contributed by atoms with E-state index in [1.54, 1.807) is 13.8 Å². The van der Waals surface area contributed by atoms with Gasteiger partial charge in [-0.1, -0.05) is 0 Å². The van der Waals surface area contributed by atoms with E-state index in [-0.39, 0.29) is 41.7 Å². The summed E-state index contributed by atoms with van der Waals surface area (Å²) in [5.41, 5.74) is -3.17. The summed E-state index contributed by atoms with van der Waals surface area (Å²) < 4.78 is 96.6. The van der Waals surface area contributed by atoms with E-state index < -0.39 is 65.8 Å². The molecule has 0 spiro atoms. The standard InChI is InChI=1S/C27H29F6N3O6/c1-6-42-25(39)36-14(2)7-20(18-12-22(40-4)19(11-21(18)36)23(37)34-3)35(24(38)41-5)13-15-8-16(26(28,29)30)10-17(9-15)27(31,32)33/h8-12,14,20H,6-7,13H2,1-5H3,(H,34,37). The van der Waals surface area contributed by atoms with Gasteiger partial charge < -0.3 is 19.5 Å². The molecule has 0 radical (unpaired) electrons. The van der Waals surface area contributed by atoms with Crippen molar-refractivity contribution >= 4 is 23.8 Å². The lowest BCUT2D eigenvalue weighted by Crippen LogP contribution is -2.48. The van der Waals surface area contributed by atoms with Gasteiger partial charge in [-0.3, -0.25) is 14.6 Å². The molecule has 3 rings (SSSR count). The smallest absolute Gasteiger partial charge is 0.416 e. The van der Waals surface area contributed by atoms with Crippen LogP contribution in [0.25, 0.3) is 0 Å². The molecule has 0 aliphatic carbocycles. The minimum absolute atomic E-state index is 0.00758. The van der Waals surface area contributed by atoms with Gasteiger partial charge in [-0.25, -0.2) is 9.59 Å². The van der Waals surface area contributed by atoms with Gasteiger partial charge >= 0.3 is 24.5 Å². The highest BCUT2D eigenvalue weighted by Crippen LogP contribution is 2.45. The molecule has 0 fully saturated rings. The van der Waals surface area contributed by atoms with Gasteiger partial charge in [-0.15, -0.1) is 0 Å². The third kappa shape index (κ3) is 6.65. The van der Waals surface area contributed by atoms with Crippen molar-refractivity contribution in [2.75, 3.05) is 32.8 Å². The van der Waals surface area contributed by atoms with Crippen LogP contribution in [0.1, 0.15) is 58.9 Å². The number of benzene rings is 2. The van der Waals surface area contributed by atoms with Crippen molar-refractivity contribution < 1.29 is 54.9 Å². The first-order valence-corrected chi connectivity index (χ1v) is 12.6. The minimum atomic E-state index is -5.10. The maximum Gasteiger partial charge on any atom is 0.416 e. The summed E-state index contributed by atoms with van der Waals surface area (Å²) >= 11 is 0. The molecule has 3 amide bonds. The number of carbonyl (C=O) groups excluding carboxylic acids is 3. The second-order valence-corrected chi connectivity index (χ2v) is 9.37. The summed E-state index contributed by atoms with van der Waals surface area (Å²) in [5.74, 6) is -0.526. The quantitative estimate of drug-likeness (QED) is 0.397. The molecule has 0 saturated carbocycles. The van der Waals surface area contributed by atoms with E-state index in [0.717, 1.165) is 12.0 Å². The molecule has 2 aromatic carbocycles. The molecule has 1 N–H and O–H groups in total. The topological polar surface area (TPSA) is 97.4 Å². The fourth-order valence-electron chi connectivity index (χ4n) is 4.83. The fourth-order valence-corrected chi connectivity index (χ4v) is 4.83. The van der Waals surface area contributed by atoms with E-state index >= 15 is 0 Å². The number of methoxy groups -OCH3 is 2. The predicted octanol–water partition coefficient (Wildman–Crippen LogP) is 6.16. The number of ether oxygens (including phenoxy) is 3. The largest absolute Gasteiger partial charge is 0.496 e. The van der Waals surface area contributed by atoms with Gasteiger partial charge in [0.2, 0.25) is 0 Å². The zero-order valence-corrected chi connectivity index (χ0v) is 23.3. The molecule has 2 atom stereocenters. The lowest BCUT2D eigenvalue weighted by Gasteiger charge is -2.42. The maximum atomic E-state index is 13.5. The summed E-state index contributed by atoms with van der Waals surface area (Å²) in [6, 6.07) is 2.03. The van der Waals surface area contributed by atoms with Crippen LogP contribution in [-0.4, -0.2) is 56.9 Å². The van der Waals surface area contributed by atoms with Gasteiger partial charge in [-0.2, -0.15) is 26.3 Å². The first-order valence-electron chi connectivity index (χ1n) is 12.6. The Labute approximate surface area is 237 Å². The monoisotopic (exact) mass is 605 g/mol. The fraction of sp³-hybridized carbons (Fsp3) is 0.444. The second-order valence-electron chi connectivity index (χ2n) is 9.37. The van der Waals surface area contributed by atoms with Gasteiger partial charge in [0.25, 0.3) is 5.91 Å².